The van der Waals surface area contributed by atoms with Gasteiger partial charge in [0.1, 0.15) is 0 Å². The minimum Gasteiger partial charge on any atom is -0.424 e. The minimum atomic E-state index is -1.97. The molecule has 2 nitrogen and oxygen atoms in total. The van der Waals surface area contributed by atoms with Crippen LogP contribution in [0.5, 0.6) is 0 Å². The molecule has 0 aliphatic carbocycles. The van der Waals surface area contributed by atoms with Crippen molar-refractivity contribution in [2.24, 2.45) is 0 Å². The van der Waals surface area contributed by atoms with E-state index in [-0.39, 0.29) is 27.6 Å². The normalized spacial score (nSPS) is 12.2. The SMILES string of the molecule is C=CC(CCCCC)[S-](=O)=O.[Au+]. The molecule has 0 saturated carbocycles. The summed E-state index contributed by atoms with van der Waals surface area (Å²) in [5.41, 5.74) is 0. The molecule has 12 heavy (non-hydrogen) atoms. The average molecular weight is 372 g/mol. The quantitative estimate of drug-likeness (QED) is 0.311. The summed E-state index contributed by atoms with van der Waals surface area (Å²) in [6.45, 7) is 5.56. The van der Waals surface area contributed by atoms with E-state index in [1.165, 1.54) is 6.08 Å². The Morgan fingerprint density at radius 3 is 2.33 bits per heavy atom. The summed E-state index contributed by atoms with van der Waals surface area (Å²) in [4.78, 5) is 0. The Balaban J connectivity index is 0. The van der Waals surface area contributed by atoms with Gasteiger partial charge in [-0.15, -0.1) is 12.7 Å². The van der Waals surface area contributed by atoms with E-state index in [9.17, 15) is 8.42 Å². The Kier molecular flexibility index (Phi) is 11.8. The first-order chi connectivity index (χ1) is 5.22. The van der Waals surface area contributed by atoms with Crippen molar-refractivity contribution in [2.45, 2.75) is 37.9 Å². The Bertz CT molecular complexity index is 170. The van der Waals surface area contributed by atoms with Crippen LogP contribution in [0.1, 0.15) is 32.6 Å². The molecule has 0 radical (unpaired) electrons. The van der Waals surface area contributed by atoms with Crippen molar-refractivity contribution in [3.05, 3.63) is 12.7 Å². The summed E-state index contributed by atoms with van der Waals surface area (Å²) in [6.07, 6.45) is 5.41. The van der Waals surface area contributed by atoms with Crippen LogP contribution in [0, 0.1) is 0 Å². The first-order valence-electron chi connectivity index (χ1n) is 3.93. The van der Waals surface area contributed by atoms with Gasteiger partial charge < -0.3 is 8.42 Å². The molecule has 0 amide bonds. The van der Waals surface area contributed by atoms with E-state index in [1.807, 2.05) is 0 Å². The molecular weight excluding hydrogens is 357 g/mol. The van der Waals surface area contributed by atoms with Crippen LogP contribution in [0.15, 0.2) is 12.7 Å². The summed E-state index contributed by atoms with van der Waals surface area (Å²) >= 11 is 0. The van der Waals surface area contributed by atoms with Crippen LogP contribution < -0.4 is 0 Å². The number of hydrogen-bond acceptors (Lipinski definition) is 3. The van der Waals surface area contributed by atoms with Gasteiger partial charge in [0.2, 0.25) is 0 Å². The van der Waals surface area contributed by atoms with Crippen LogP contribution in [-0.4, -0.2) is 5.25 Å². The molecule has 0 aliphatic heterocycles. The molecule has 1 atom stereocenters. The van der Waals surface area contributed by atoms with Gasteiger partial charge in [0.15, 0.2) is 0 Å². The van der Waals surface area contributed by atoms with Crippen LogP contribution in [0.2, 0.25) is 0 Å². The number of hydrogen-bond donors (Lipinski definition) is 0. The van der Waals surface area contributed by atoms with E-state index < -0.39 is 10.7 Å². The Morgan fingerprint density at radius 1 is 1.42 bits per heavy atom. The zero-order valence-corrected chi connectivity index (χ0v) is 10.2. The predicted octanol–water partition coefficient (Wildman–Crippen LogP) is 2.43. The van der Waals surface area contributed by atoms with Gasteiger partial charge in [-0.2, -0.15) is 0 Å². The molecule has 0 N–H and O–H groups in total. The molecule has 0 saturated heterocycles. The summed E-state index contributed by atoms with van der Waals surface area (Å²) in [7, 11) is -1.97. The van der Waals surface area contributed by atoms with E-state index in [2.05, 4.69) is 13.5 Å². The largest absolute Gasteiger partial charge is 1.00 e. The summed E-state index contributed by atoms with van der Waals surface area (Å²) in [6, 6.07) is 0. The van der Waals surface area contributed by atoms with E-state index >= 15 is 0 Å². The van der Waals surface area contributed by atoms with Gasteiger partial charge in [-0.05, 0) is 5.25 Å². The summed E-state index contributed by atoms with van der Waals surface area (Å²) in [5.74, 6) is 0. The van der Waals surface area contributed by atoms with Crippen molar-refractivity contribution in [3.8, 4) is 0 Å². The molecule has 0 aromatic carbocycles. The van der Waals surface area contributed by atoms with E-state index in [0.29, 0.717) is 6.42 Å². The summed E-state index contributed by atoms with van der Waals surface area (Å²) in [5, 5.41) is -0.346. The van der Waals surface area contributed by atoms with Crippen LogP contribution in [-0.2, 0) is 41.5 Å². The predicted molar refractivity (Wildman–Crippen MR) is 46.9 cm³/mol. The topological polar surface area (TPSA) is 34.1 Å². The van der Waals surface area contributed by atoms with Crippen molar-refractivity contribution in [2.75, 3.05) is 0 Å². The second-order valence-electron chi connectivity index (χ2n) is 2.53. The maximum absolute atomic E-state index is 10.5. The fourth-order valence-corrected chi connectivity index (χ4v) is 1.40. The zero-order valence-electron chi connectivity index (χ0n) is 7.22. The smallest absolute Gasteiger partial charge is 0.424 e. The maximum Gasteiger partial charge on any atom is 1.00 e. The molecule has 0 aromatic rings. The Morgan fingerprint density at radius 2 is 2.00 bits per heavy atom. The molecule has 0 aromatic heterocycles. The van der Waals surface area contributed by atoms with Gasteiger partial charge in [0.05, 0.1) is 0 Å². The van der Waals surface area contributed by atoms with Gasteiger partial charge in [-0.1, -0.05) is 43.3 Å². The second kappa shape index (κ2) is 9.52. The van der Waals surface area contributed by atoms with Gasteiger partial charge in [0.25, 0.3) is 0 Å². The Hall–Kier alpha value is 0.430. The molecule has 0 rings (SSSR count). The van der Waals surface area contributed by atoms with Gasteiger partial charge in [-0.3, -0.25) is 0 Å². The molecule has 76 valence electrons. The van der Waals surface area contributed by atoms with Crippen molar-refractivity contribution in [1.29, 1.82) is 0 Å². The van der Waals surface area contributed by atoms with Crippen LogP contribution >= 0.6 is 0 Å². The van der Waals surface area contributed by atoms with Crippen molar-refractivity contribution >= 4 is 10.7 Å². The zero-order chi connectivity index (χ0) is 8.69. The van der Waals surface area contributed by atoms with E-state index in [1.54, 1.807) is 0 Å². The fourth-order valence-electron chi connectivity index (χ4n) is 0.888. The maximum atomic E-state index is 10.5. The molecule has 0 heterocycles. The Labute approximate surface area is 91.9 Å². The molecule has 0 aliphatic rings. The molecule has 0 bridgehead atoms. The monoisotopic (exact) mass is 372 g/mol. The third-order valence-electron chi connectivity index (χ3n) is 1.60. The van der Waals surface area contributed by atoms with Crippen molar-refractivity contribution in [1.82, 2.24) is 0 Å². The molecule has 0 spiro atoms. The second-order valence-corrected chi connectivity index (χ2v) is 3.66. The number of rotatable bonds is 6. The first-order valence-corrected chi connectivity index (χ1v) is 5.06. The van der Waals surface area contributed by atoms with Gasteiger partial charge in [0, 0.05) is 0 Å². The third-order valence-corrected chi connectivity index (χ3v) is 2.52. The average Bonchev–Trinajstić information content (AvgIpc) is 1.97. The fraction of sp³-hybridized carbons (Fsp3) is 0.750. The van der Waals surface area contributed by atoms with Gasteiger partial charge in [-0.25, -0.2) is 0 Å². The van der Waals surface area contributed by atoms with E-state index in [0.717, 1.165) is 19.3 Å². The van der Waals surface area contributed by atoms with E-state index in [4.69, 9.17) is 0 Å². The summed E-state index contributed by atoms with van der Waals surface area (Å²) < 4.78 is 20.9. The van der Waals surface area contributed by atoms with Crippen LogP contribution in [0.4, 0.5) is 0 Å². The third kappa shape index (κ3) is 7.10. The first kappa shape index (κ1) is 14.9. The molecule has 4 heteroatoms. The van der Waals surface area contributed by atoms with Crippen LogP contribution in [0.3, 0.4) is 0 Å². The van der Waals surface area contributed by atoms with Gasteiger partial charge >= 0.3 is 22.4 Å². The number of unbranched alkanes of at least 4 members (excludes halogenated alkanes) is 2. The van der Waals surface area contributed by atoms with Crippen LogP contribution in [0.25, 0.3) is 0 Å². The molecule has 1 unspecified atom stereocenters. The minimum absolute atomic E-state index is 0. The van der Waals surface area contributed by atoms with Crippen molar-refractivity contribution < 1.29 is 30.8 Å². The standard InChI is InChI=1S/C8H15O2S.Au/c1-3-5-6-7-8(4-2)11(9)10;/h4,8H,2-3,5-7H2,1H3;/q-1;+1. The molecule has 0 fully saturated rings. The van der Waals surface area contributed by atoms with Crippen molar-refractivity contribution in [3.63, 3.8) is 0 Å². The molecular formula is C8H15AuO2S.